The minimum atomic E-state index is -0.314. The normalized spacial score (nSPS) is 10.8. The molecule has 1 heterocycles. The molecule has 1 aromatic heterocycles. The zero-order valence-corrected chi connectivity index (χ0v) is 16.1. The van der Waals surface area contributed by atoms with E-state index in [0.29, 0.717) is 24.5 Å². The van der Waals surface area contributed by atoms with Crippen molar-refractivity contribution in [1.29, 1.82) is 0 Å². The summed E-state index contributed by atoms with van der Waals surface area (Å²) >= 11 is 0. The molecule has 5 nitrogen and oxygen atoms in total. The maximum Gasteiger partial charge on any atom is 0.291 e. The third-order valence-corrected chi connectivity index (χ3v) is 4.55. The fourth-order valence-corrected chi connectivity index (χ4v) is 3.13. The van der Waals surface area contributed by atoms with Crippen molar-refractivity contribution in [3.05, 3.63) is 95.7 Å². The Morgan fingerprint density at radius 3 is 2.38 bits per heavy atom. The maximum absolute atomic E-state index is 12.8. The number of furan rings is 1. The van der Waals surface area contributed by atoms with Crippen LogP contribution in [0.5, 0.6) is 5.75 Å². The van der Waals surface area contributed by atoms with E-state index in [0.717, 1.165) is 22.3 Å². The Balaban J connectivity index is 1.46. The van der Waals surface area contributed by atoms with Crippen LogP contribution in [0.3, 0.4) is 0 Å². The van der Waals surface area contributed by atoms with Gasteiger partial charge in [-0.25, -0.2) is 0 Å². The van der Waals surface area contributed by atoms with Gasteiger partial charge in [-0.15, -0.1) is 0 Å². The van der Waals surface area contributed by atoms with Gasteiger partial charge in [0.25, 0.3) is 5.91 Å². The Morgan fingerprint density at radius 1 is 0.897 bits per heavy atom. The van der Waals surface area contributed by atoms with Crippen molar-refractivity contribution >= 4 is 22.6 Å². The summed E-state index contributed by atoms with van der Waals surface area (Å²) in [6, 6.07) is 24.8. The van der Waals surface area contributed by atoms with Crippen molar-refractivity contribution in [2.24, 2.45) is 0 Å². The number of amides is 1. The highest BCUT2D eigenvalue weighted by Crippen LogP contribution is 2.27. The van der Waals surface area contributed by atoms with Crippen molar-refractivity contribution in [3.63, 3.8) is 0 Å². The van der Waals surface area contributed by atoms with E-state index in [2.05, 4.69) is 5.32 Å². The molecule has 0 unspecified atom stereocenters. The number of carbonyl (C=O) groups is 1. The average molecular weight is 387 g/mol. The Kier molecular flexibility index (Phi) is 5.59. The van der Waals surface area contributed by atoms with Crippen LogP contribution in [0.25, 0.3) is 11.0 Å². The number of carbonyl (C=O) groups excluding carboxylic acids is 1. The molecule has 0 saturated carbocycles. The van der Waals surface area contributed by atoms with Gasteiger partial charge in [0, 0.05) is 23.7 Å². The van der Waals surface area contributed by atoms with Crippen molar-refractivity contribution in [1.82, 2.24) is 0 Å². The van der Waals surface area contributed by atoms with Gasteiger partial charge in [-0.05, 0) is 35.9 Å². The second kappa shape index (κ2) is 8.63. The molecule has 0 radical (unpaired) electrons. The SMILES string of the molecule is COCc1c(C(=O)Nc2ccc(OCc3ccccc3)cc2)oc2ccccc12. The van der Waals surface area contributed by atoms with E-state index in [-0.39, 0.29) is 11.7 Å². The number of fused-ring (bicyclic) bond motifs is 1. The molecule has 0 fully saturated rings. The second-order valence-electron chi connectivity index (χ2n) is 6.59. The van der Waals surface area contributed by atoms with Crippen LogP contribution in [0.4, 0.5) is 5.69 Å². The number of hydrogen-bond donors (Lipinski definition) is 1. The van der Waals surface area contributed by atoms with Crippen molar-refractivity contribution in [2.45, 2.75) is 13.2 Å². The fraction of sp³-hybridized carbons (Fsp3) is 0.125. The molecular formula is C24H21NO4. The van der Waals surface area contributed by atoms with Gasteiger partial charge in [-0.1, -0.05) is 48.5 Å². The first-order valence-electron chi connectivity index (χ1n) is 9.32. The van der Waals surface area contributed by atoms with E-state index in [1.54, 1.807) is 19.2 Å². The molecule has 0 aliphatic rings. The van der Waals surface area contributed by atoms with Crippen molar-refractivity contribution in [2.75, 3.05) is 12.4 Å². The van der Waals surface area contributed by atoms with Gasteiger partial charge >= 0.3 is 0 Å². The first-order valence-corrected chi connectivity index (χ1v) is 9.32. The van der Waals surface area contributed by atoms with Gasteiger partial charge in [0.05, 0.1) is 6.61 Å². The quantitative estimate of drug-likeness (QED) is 0.461. The summed E-state index contributed by atoms with van der Waals surface area (Å²) in [6.45, 7) is 0.790. The second-order valence-corrected chi connectivity index (χ2v) is 6.59. The molecule has 146 valence electrons. The first kappa shape index (κ1) is 18.8. The Labute approximate surface area is 168 Å². The molecule has 5 heteroatoms. The molecule has 0 aliphatic carbocycles. The molecule has 0 atom stereocenters. The first-order chi connectivity index (χ1) is 14.2. The van der Waals surface area contributed by atoms with Gasteiger partial charge in [0.15, 0.2) is 5.76 Å². The predicted molar refractivity (Wildman–Crippen MR) is 112 cm³/mol. The van der Waals surface area contributed by atoms with E-state index in [9.17, 15) is 4.79 Å². The summed E-state index contributed by atoms with van der Waals surface area (Å²) in [5.74, 6) is 0.680. The zero-order valence-electron chi connectivity index (χ0n) is 16.1. The number of rotatable bonds is 7. The molecule has 3 aromatic carbocycles. The monoisotopic (exact) mass is 387 g/mol. The summed E-state index contributed by atoms with van der Waals surface area (Å²) in [5.41, 5.74) is 3.16. The number of nitrogens with one attached hydrogen (secondary N) is 1. The number of anilines is 1. The van der Waals surface area contributed by atoms with Gasteiger partial charge in [0.2, 0.25) is 0 Å². The summed E-state index contributed by atoms with van der Waals surface area (Å²) in [4.78, 5) is 12.8. The molecule has 1 amide bonds. The van der Waals surface area contributed by atoms with Crippen LogP contribution >= 0.6 is 0 Å². The molecular weight excluding hydrogens is 366 g/mol. The van der Waals surface area contributed by atoms with Crippen LogP contribution in [0.2, 0.25) is 0 Å². The minimum absolute atomic E-state index is 0.262. The Hall–Kier alpha value is -3.57. The van der Waals surface area contributed by atoms with Gasteiger partial charge < -0.3 is 19.2 Å². The third-order valence-electron chi connectivity index (χ3n) is 4.55. The van der Waals surface area contributed by atoms with Crippen LogP contribution in [-0.4, -0.2) is 13.0 Å². The summed E-state index contributed by atoms with van der Waals surface area (Å²) in [5, 5.41) is 3.75. The van der Waals surface area contributed by atoms with Crippen LogP contribution in [-0.2, 0) is 18.0 Å². The van der Waals surface area contributed by atoms with Crippen LogP contribution in [0.15, 0.2) is 83.3 Å². The lowest BCUT2D eigenvalue weighted by atomic mass is 10.1. The highest BCUT2D eigenvalue weighted by atomic mass is 16.5. The standard InChI is InChI=1S/C24H21NO4/c1-27-16-21-20-9-5-6-10-22(20)29-23(21)24(26)25-18-11-13-19(14-12-18)28-15-17-7-3-2-4-8-17/h2-14H,15-16H2,1H3,(H,25,26). The minimum Gasteiger partial charge on any atom is -0.489 e. The van der Waals surface area contributed by atoms with Crippen molar-refractivity contribution < 1.29 is 18.7 Å². The molecule has 0 bridgehead atoms. The van der Waals surface area contributed by atoms with Crippen LogP contribution in [0.1, 0.15) is 21.7 Å². The lowest BCUT2D eigenvalue weighted by Gasteiger charge is -2.08. The fourth-order valence-electron chi connectivity index (χ4n) is 3.13. The zero-order chi connectivity index (χ0) is 20.1. The molecule has 29 heavy (non-hydrogen) atoms. The number of hydrogen-bond acceptors (Lipinski definition) is 4. The topological polar surface area (TPSA) is 60.7 Å². The molecule has 0 aliphatic heterocycles. The van der Waals surface area contributed by atoms with E-state index >= 15 is 0 Å². The largest absolute Gasteiger partial charge is 0.489 e. The molecule has 1 N–H and O–H groups in total. The molecule has 4 aromatic rings. The van der Waals surface area contributed by atoms with Gasteiger partial charge in [-0.2, -0.15) is 0 Å². The van der Waals surface area contributed by atoms with Crippen LogP contribution < -0.4 is 10.1 Å². The average Bonchev–Trinajstić information content (AvgIpc) is 3.13. The third kappa shape index (κ3) is 4.31. The van der Waals surface area contributed by atoms with E-state index in [1.165, 1.54) is 0 Å². The van der Waals surface area contributed by atoms with Gasteiger partial charge in [-0.3, -0.25) is 4.79 Å². The number of benzene rings is 3. The lowest BCUT2D eigenvalue weighted by molar-refractivity contribution is 0.0992. The van der Waals surface area contributed by atoms with Crippen molar-refractivity contribution in [3.8, 4) is 5.75 Å². The number of methoxy groups -OCH3 is 1. The summed E-state index contributed by atoms with van der Waals surface area (Å²) in [7, 11) is 1.59. The van der Waals surface area contributed by atoms with E-state index in [1.807, 2.05) is 66.7 Å². The Morgan fingerprint density at radius 2 is 1.62 bits per heavy atom. The molecule has 4 rings (SSSR count). The lowest BCUT2D eigenvalue weighted by Crippen LogP contribution is -2.13. The molecule has 0 saturated heterocycles. The molecule has 0 spiro atoms. The summed E-state index contributed by atoms with van der Waals surface area (Å²) < 4.78 is 16.8. The van der Waals surface area contributed by atoms with E-state index in [4.69, 9.17) is 13.9 Å². The maximum atomic E-state index is 12.8. The summed E-state index contributed by atoms with van der Waals surface area (Å²) in [6.07, 6.45) is 0. The highest BCUT2D eigenvalue weighted by Gasteiger charge is 2.20. The number of ether oxygens (including phenoxy) is 2. The predicted octanol–water partition coefficient (Wildman–Crippen LogP) is 5.41. The van der Waals surface area contributed by atoms with E-state index < -0.39 is 0 Å². The smallest absolute Gasteiger partial charge is 0.291 e. The highest BCUT2D eigenvalue weighted by molar-refractivity contribution is 6.06. The van der Waals surface area contributed by atoms with Gasteiger partial charge in [0.1, 0.15) is 17.9 Å². The van der Waals surface area contributed by atoms with Crippen LogP contribution in [0, 0.1) is 0 Å². The Bertz CT molecular complexity index is 1100. The number of para-hydroxylation sites is 1.